The molecule has 0 spiro atoms. The van der Waals surface area contributed by atoms with E-state index in [2.05, 4.69) is 4.72 Å². The van der Waals surface area contributed by atoms with E-state index in [0.29, 0.717) is 11.1 Å². The fourth-order valence-corrected chi connectivity index (χ4v) is 4.63. The van der Waals surface area contributed by atoms with Crippen molar-refractivity contribution in [1.29, 1.82) is 0 Å². The van der Waals surface area contributed by atoms with Crippen molar-refractivity contribution in [3.63, 3.8) is 0 Å². The van der Waals surface area contributed by atoms with Crippen LogP contribution in [0.5, 0.6) is 0 Å². The van der Waals surface area contributed by atoms with Crippen LogP contribution in [0.25, 0.3) is 0 Å². The normalized spacial score (nSPS) is 12.2. The van der Waals surface area contributed by atoms with E-state index in [1.54, 1.807) is 13.8 Å². The fourth-order valence-electron chi connectivity index (χ4n) is 2.30. The quantitative estimate of drug-likeness (QED) is 0.535. The van der Waals surface area contributed by atoms with E-state index < -0.39 is 30.7 Å². The summed E-state index contributed by atoms with van der Waals surface area (Å²) in [6.45, 7) is 3.28. The van der Waals surface area contributed by atoms with Crippen molar-refractivity contribution in [2.75, 3.05) is 18.8 Å². The van der Waals surface area contributed by atoms with Crippen LogP contribution in [0.15, 0.2) is 40.1 Å². The number of nitro benzene ring substituents is 1. The van der Waals surface area contributed by atoms with Crippen molar-refractivity contribution in [3.8, 4) is 0 Å². The van der Waals surface area contributed by atoms with E-state index in [9.17, 15) is 26.9 Å². The Kier molecular flexibility index (Phi) is 6.04. The minimum Gasteiger partial charge on any atom is -0.279 e. The molecule has 0 radical (unpaired) electrons. The standard InChI is InChI=1S/C16H18ClN3O6S2/c1-10-7-13(28(25,26)19(3)4)8-15(11(10)2)18-27(23,24)12-5-6-14(17)16(9-12)20(21)22/h5-9,18H,1-4H3. The topological polar surface area (TPSA) is 127 Å². The predicted octanol–water partition coefficient (Wildman–Crippen LogP) is 2.92. The van der Waals surface area contributed by atoms with Crippen molar-refractivity contribution < 1.29 is 21.8 Å². The molecule has 28 heavy (non-hydrogen) atoms. The molecule has 2 aromatic rings. The number of aryl methyl sites for hydroxylation is 1. The first-order valence-corrected chi connectivity index (χ1v) is 11.1. The minimum atomic E-state index is -4.23. The Morgan fingerprint density at radius 3 is 2.18 bits per heavy atom. The third kappa shape index (κ3) is 4.27. The first kappa shape index (κ1) is 22.1. The molecule has 0 aliphatic heterocycles. The van der Waals surface area contributed by atoms with E-state index in [1.807, 2.05) is 0 Å². The van der Waals surface area contributed by atoms with E-state index in [0.717, 1.165) is 22.5 Å². The van der Waals surface area contributed by atoms with Crippen LogP contribution in [0.4, 0.5) is 11.4 Å². The van der Waals surface area contributed by atoms with E-state index in [4.69, 9.17) is 11.6 Å². The predicted molar refractivity (Wildman–Crippen MR) is 106 cm³/mol. The van der Waals surface area contributed by atoms with Gasteiger partial charge in [-0.1, -0.05) is 11.6 Å². The molecule has 12 heteroatoms. The molecule has 0 heterocycles. The molecule has 152 valence electrons. The SMILES string of the molecule is Cc1cc(S(=O)(=O)N(C)C)cc(NS(=O)(=O)c2ccc(Cl)c([N+](=O)[O-])c2)c1C. The summed E-state index contributed by atoms with van der Waals surface area (Å²) in [5, 5.41) is 10.8. The highest BCUT2D eigenvalue weighted by Gasteiger charge is 2.24. The molecule has 0 amide bonds. The van der Waals surface area contributed by atoms with Gasteiger partial charge in [0.05, 0.1) is 20.4 Å². The number of benzene rings is 2. The van der Waals surface area contributed by atoms with Gasteiger partial charge in [0.2, 0.25) is 10.0 Å². The monoisotopic (exact) mass is 447 g/mol. The number of nitrogens with zero attached hydrogens (tertiary/aromatic N) is 2. The Labute approximate surface area is 168 Å². The lowest BCUT2D eigenvalue weighted by molar-refractivity contribution is -0.384. The lowest BCUT2D eigenvalue weighted by Crippen LogP contribution is -2.23. The first-order chi connectivity index (χ1) is 12.8. The van der Waals surface area contributed by atoms with Crippen LogP contribution in [0.1, 0.15) is 11.1 Å². The third-order valence-electron chi connectivity index (χ3n) is 4.09. The van der Waals surface area contributed by atoms with Gasteiger partial charge in [-0.15, -0.1) is 0 Å². The number of rotatable bonds is 6. The summed E-state index contributed by atoms with van der Waals surface area (Å²) in [5.41, 5.74) is 0.576. The fraction of sp³-hybridized carbons (Fsp3) is 0.250. The van der Waals surface area contributed by atoms with Crippen LogP contribution in [0.3, 0.4) is 0 Å². The van der Waals surface area contributed by atoms with E-state index >= 15 is 0 Å². The molecule has 2 aromatic carbocycles. The largest absolute Gasteiger partial charge is 0.289 e. The second-order valence-electron chi connectivity index (χ2n) is 6.18. The van der Waals surface area contributed by atoms with Gasteiger partial charge in [-0.2, -0.15) is 0 Å². The van der Waals surface area contributed by atoms with Crippen LogP contribution in [-0.4, -0.2) is 40.2 Å². The molecular weight excluding hydrogens is 430 g/mol. The molecule has 1 N–H and O–H groups in total. The zero-order valence-corrected chi connectivity index (χ0v) is 17.8. The van der Waals surface area contributed by atoms with Gasteiger partial charge < -0.3 is 0 Å². The zero-order valence-electron chi connectivity index (χ0n) is 15.4. The Bertz CT molecular complexity index is 1160. The third-order valence-corrected chi connectivity index (χ3v) is 7.56. The van der Waals surface area contributed by atoms with Crippen molar-refractivity contribution in [2.45, 2.75) is 23.6 Å². The maximum atomic E-state index is 12.7. The van der Waals surface area contributed by atoms with Crippen LogP contribution in [-0.2, 0) is 20.0 Å². The van der Waals surface area contributed by atoms with Crippen LogP contribution < -0.4 is 4.72 Å². The number of nitro groups is 1. The van der Waals surface area contributed by atoms with Gasteiger partial charge >= 0.3 is 0 Å². The van der Waals surface area contributed by atoms with Crippen LogP contribution in [0, 0.1) is 24.0 Å². The molecule has 0 bridgehead atoms. The number of sulfonamides is 2. The molecule has 0 atom stereocenters. The summed E-state index contributed by atoms with van der Waals surface area (Å²) in [6, 6.07) is 5.72. The van der Waals surface area contributed by atoms with Gasteiger partial charge in [0.15, 0.2) is 0 Å². The summed E-state index contributed by atoms with van der Waals surface area (Å²) < 4.78 is 53.5. The average Bonchev–Trinajstić information content (AvgIpc) is 2.58. The molecule has 9 nitrogen and oxygen atoms in total. The molecule has 0 aliphatic carbocycles. The van der Waals surface area contributed by atoms with E-state index in [1.165, 1.54) is 26.2 Å². The van der Waals surface area contributed by atoms with Gasteiger partial charge in [-0.25, -0.2) is 21.1 Å². The molecule has 0 unspecified atom stereocenters. The van der Waals surface area contributed by atoms with Gasteiger partial charge in [0.1, 0.15) is 5.02 Å². The Morgan fingerprint density at radius 1 is 1.04 bits per heavy atom. The summed E-state index contributed by atoms with van der Waals surface area (Å²) >= 11 is 5.72. The summed E-state index contributed by atoms with van der Waals surface area (Å²) in [5.74, 6) is 0. The molecule has 0 aliphatic rings. The second-order valence-corrected chi connectivity index (χ2v) is 10.4. The average molecular weight is 448 g/mol. The van der Waals surface area contributed by atoms with Crippen LogP contribution >= 0.6 is 11.6 Å². The Balaban J connectivity index is 2.57. The zero-order chi connectivity index (χ0) is 21.4. The lowest BCUT2D eigenvalue weighted by Gasteiger charge is -2.17. The summed E-state index contributed by atoms with van der Waals surface area (Å²) in [7, 11) is -5.30. The van der Waals surface area contributed by atoms with Crippen molar-refractivity contribution in [3.05, 3.63) is 56.6 Å². The van der Waals surface area contributed by atoms with Gasteiger partial charge in [-0.3, -0.25) is 14.8 Å². The highest BCUT2D eigenvalue weighted by molar-refractivity contribution is 7.92. The van der Waals surface area contributed by atoms with Crippen molar-refractivity contribution in [1.82, 2.24) is 4.31 Å². The molecular formula is C16H18ClN3O6S2. The summed E-state index contributed by atoms with van der Waals surface area (Å²) in [6.07, 6.45) is 0. The van der Waals surface area contributed by atoms with Gasteiger partial charge in [0.25, 0.3) is 15.7 Å². The van der Waals surface area contributed by atoms with Crippen LogP contribution in [0.2, 0.25) is 5.02 Å². The van der Waals surface area contributed by atoms with Gasteiger partial charge in [0, 0.05) is 20.2 Å². The van der Waals surface area contributed by atoms with E-state index in [-0.39, 0.29) is 20.5 Å². The maximum absolute atomic E-state index is 12.7. The molecule has 0 aromatic heterocycles. The van der Waals surface area contributed by atoms with Gasteiger partial charge in [-0.05, 0) is 49.2 Å². The number of halogens is 1. The minimum absolute atomic E-state index is 0.0537. The number of nitrogens with one attached hydrogen (secondary N) is 1. The van der Waals surface area contributed by atoms with Crippen molar-refractivity contribution >= 4 is 43.0 Å². The smallest absolute Gasteiger partial charge is 0.279 e. The Hall–Kier alpha value is -2.21. The first-order valence-electron chi connectivity index (χ1n) is 7.78. The molecule has 0 saturated carbocycles. The lowest BCUT2D eigenvalue weighted by atomic mass is 10.1. The van der Waals surface area contributed by atoms with Crippen molar-refractivity contribution in [2.24, 2.45) is 0 Å². The molecule has 2 rings (SSSR count). The Morgan fingerprint density at radius 2 is 1.64 bits per heavy atom. The number of anilines is 1. The number of hydrogen-bond donors (Lipinski definition) is 1. The molecule has 0 fully saturated rings. The molecule has 0 saturated heterocycles. The highest BCUT2D eigenvalue weighted by atomic mass is 35.5. The second kappa shape index (κ2) is 7.66. The highest BCUT2D eigenvalue weighted by Crippen LogP contribution is 2.30. The number of hydrogen-bond acceptors (Lipinski definition) is 6. The summed E-state index contributed by atoms with van der Waals surface area (Å²) in [4.78, 5) is 9.76. The maximum Gasteiger partial charge on any atom is 0.289 e.